The normalized spacial score (nSPS) is 34.5. The molecule has 4 rings (SSSR count). The maximum atomic E-state index is 14.5. The molecule has 30 heavy (non-hydrogen) atoms. The molecule has 1 heteroatoms. The van der Waals surface area contributed by atoms with Gasteiger partial charge in [-0.2, -0.15) is 0 Å². The molecule has 4 unspecified atom stereocenters. The van der Waals surface area contributed by atoms with Crippen LogP contribution < -0.4 is 0 Å². The molecular formula is C29H45F. The van der Waals surface area contributed by atoms with E-state index in [1.54, 1.807) is 0 Å². The molecule has 0 spiro atoms. The number of halogens is 1. The molecule has 3 saturated carbocycles. The second-order valence-corrected chi connectivity index (χ2v) is 11.2. The third kappa shape index (κ3) is 5.49. The lowest BCUT2D eigenvalue weighted by molar-refractivity contribution is 0.108. The lowest BCUT2D eigenvalue weighted by atomic mass is 9.63. The third-order valence-corrected chi connectivity index (χ3v) is 9.32. The first kappa shape index (κ1) is 22.3. The largest absolute Gasteiger partial charge is 0.207 e. The van der Waals surface area contributed by atoms with Gasteiger partial charge >= 0.3 is 0 Å². The van der Waals surface area contributed by atoms with Crippen LogP contribution in [0.4, 0.5) is 4.39 Å². The summed E-state index contributed by atoms with van der Waals surface area (Å²) >= 11 is 0. The van der Waals surface area contributed by atoms with Crippen molar-refractivity contribution in [1.82, 2.24) is 0 Å². The highest BCUT2D eigenvalue weighted by Gasteiger charge is 2.36. The topological polar surface area (TPSA) is 0 Å². The van der Waals surface area contributed by atoms with Crippen LogP contribution in [-0.2, 0) is 6.42 Å². The summed E-state index contributed by atoms with van der Waals surface area (Å²) in [5, 5.41) is 0. The zero-order chi connectivity index (χ0) is 20.9. The summed E-state index contributed by atoms with van der Waals surface area (Å²) in [6.07, 6.45) is 20.6. The standard InChI is InChI=1S/C29H45F/c1-3-5-24-14-15-28(20-29(24)30)27-17-16-25-18-23(12-13-26(25)19-27)11-10-22-8-6-21(4-2)7-9-22/h14-15,20-23,25-27H,3-13,16-19H2,1-2H3. The number of hydrogen-bond acceptors (Lipinski definition) is 0. The van der Waals surface area contributed by atoms with E-state index < -0.39 is 0 Å². The van der Waals surface area contributed by atoms with Gasteiger partial charge in [-0.3, -0.25) is 0 Å². The second-order valence-electron chi connectivity index (χ2n) is 11.2. The summed E-state index contributed by atoms with van der Waals surface area (Å²) in [4.78, 5) is 0. The van der Waals surface area contributed by atoms with Gasteiger partial charge in [0, 0.05) is 0 Å². The van der Waals surface area contributed by atoms with Gasteiger partial charge in [-0.25, -0.2) is 4.39 Å². The average Bonchev–Trinajstić information content (AvgIpc) is 2.79. The van der Waals surface area contributed by atoms with E-state index in [1.165, 1.54) is 89.0 Å². The molecule has 0 saturated heterocycles. The van der Waals surface area contributed by atoms with Gasteiger partial charge in [0.2, 0.25) is 0 Å². The van der Waals surface area contributed by atoms with Gasteiger partial charge in [-0.1, -0.05) is 83.8 Å². The molecule has 0 heterocycles. The quantitative estimate of drug-likeness (QED) is 0.419. The van der Waals surface area contributed by atoms with Crippen LogP contribution in [0.2, 0.25) is 0 Å². The van der Waals surface area contributed by atoms with Crippen molar-refractivity contribution in [2.75, 3.05) is 0 Å². The van der Waals surface area contributed by atoms with Crippen LogP contribution in [0.15, 0.2) is 18.2 Å². The molecule has 0 amide bonds. The van der Waals surface area contributed by atoms with E-state index in [2.05, 4.69) is 26.0 Å². The zero-order valence-corrected chi connectivity index (χ0v) is 19.7. The molecule has 0 aliphatic heterocycles. The first-order valence-electron chi connectivity index (χ1n) is 13.4. The molecule has 0 aromatic heterocycles. The van der Waals surface area contributed by atoms with Gasteiger partial charge in [-0.15, -0.1) is 0 Å². The number of benzene rings is 1. The smallest absolute Gasteiger partial charge is 0.126 e. The lowest BCUT2D eigenvalue weighted by Crippen LogP contribution is -2.30. The van der Waals surface area contributed by atoms with E-state index in [1.807, 2.05) is 6.07 Å². The molecule has 1 aromatic rings. The average molecular weight is 413 g/mol. The molecule has 3 aliphatic carbocycles. The molecule has 1 aromatic carbocycles. The first-order chi connectivity index (χ1) is 14.7. The maximum absolute atomic E-state index is 14.5. The minimum Gasteiger partial charge on any atom is -0.207 e. The van der Waals surface area contributed by atoms with Gasteiger partial charge in [-0.05, 0) is 91.2 Å². The minimum atomic E-state index is 0.0353. The van der Waals surface area contributed by atoms with Crippen molar-refractivity contribution in [3.8, 4) is 0 Å². The highest BCUT2D eigenvalue weighted by atomic mass is 19.1. The van der Waals surface area contributed by atoms with E-state index in [-0.39, 0.29) is 5.82 Å². The first-order valence-corrected chi connectivity index (χ1v) is 13.4. The summed E-state index contributed by atoms with van der Waals surface area (Å²) in [6.45, 7) is 4.50. The summed E-state index contributed by atoms with van der Waals surface area (Å²) < 4.78 is 14.5. The Morgan fingerprint density at radius 2 is 1.43 bits per heavy atom. The van der Waals surface area contributed by atoms with Gasteiger partial charge in [0.1, 0.15) is 5.82 Å². The van der Waals surface area contributed by atoms with Crippen LogP contribution in [0.3, 0.4) is 0 Å². The Morgan fingerprint density at radius 1 is 0.767 bits per heavy atom. The predicted octanol–water partition coefficient (Wildman–Crippen LogP) is 9.07. The number of fused-ring (bicyclic) bond motifs is 1. The monoisotopic (exact) mass is 412 g/mol. The van der Waals surface area contributed by atoms with Gasteiger partial charge < -0.3 is 0 Å². The SMILES string of the molecule is CCCc1ccc(C2CCC3CC(CCC4CCC(CC)CC4)CCC3C2)cc1F. The molecule has 0 radical (unpaired) electrons. The van der Waals surface area contributed by atoms with Crippen molar-refractivity contribution in [1.29, 1.82) is 0 Å². The zero-order valence-electron chi connectivity index (χ0n) is 19.7. The van der Waals surface area contributed by atoms with Crippen LogP contribution in [0.1, 0.15) is 121 Å². The van der Waals surface area contributed by atoms with Crippen LogP contribution in [-0.4, -0.2) is 0 Å². The van der Waals surface area contributed by atoms with Crippen molar-refractivity contribution in [2.45, 2.75) is 116 Å². The highest BCUT2D eigenvalue weighted by Crippen LogP contribution is 2.49. The van der Waals surface area contributed by atoms with Gasteiger partial charge in [0.05, 0.1) is 0 Å². The molecule has 4 atom stereocenters. The van der Waals surface area contributed by atoms with Crippen molar-refractivity contribution < 1.29 is 4.39 Å². The molecule has 3 fully saturated rings. The Balaban J connectivity index is 1.23. The fourth-order valence-electron chi connectivity index (χ4n) is 7.24. The Kier molecular flexibility index (Phi) is 7.93. The summed E-state index contributed by atoms with van der Waals surface area (Å²) in [5.41, 5.74) is 2.18. The number of rotatable bonds is 7. The number of aryl methyl sites for hydroxylation is 1. The molecule has 0 bridgehead atoms. The molecule has 3 aliphatic rings. The van der Waals surface area contributed by atoms with Crippen molar-refractivity contribution >= 4 is 0 Å². The van der Waals surface area contributed by atoms with Crippen molar-refractivity contribution in [3.63, 3.8) is 0 Å². The van der Waals surface area contributed by atoms with Crippen LogP contribution in [0, 0.1) is 35.4 Å². The molecule has 0 N–H and O–H groups in total. The fraction of sp³-hybridized carbons (Fsp3) is 0.793. The van der Waals surface area contributed by atoms with E-state index in [0.717, 1.165) is 48.0 Å². The maximum Gasteiger partial charge on any atom is 0.126 e. The lowest BCUT2D eigenvalue weighted by Gasteiger charge is -2.43. The van der Waals surface area contributed by atoms with Gasteiger partial charge in [0.15, 0.2) is 0 Å². The minimum absolute atomic E-state index is 0.0353. The van der Waals surface area contributed by atoms with E-state index in [9.17, 15) is 4.39 Å². The Bertz CT molecular complexity index is 656. The van der Waals surface area contributed by atoms with Crippen LogP contribution in [0.5, 0.6) is 0 Å². The van der Waals surface area contributed by atoms with Crippen molar-refractivity contribution in [3.05, 3.63) is 35.1 Å². The Labute approximate surface area is 185 Å². The van der Waals surface area contributed by atoms with E-state index in [0.29, 0.717) is 5.92 Å². The third-order valence-electron chi connectivity index (χ3n) is 9.32. The summed E-state index contributed by atoms with van der Waals surface area (Å²) in [5.74, 6) is 5.56. The van der Waals surface area contributed by atoms with Gasteiger partial charge in [0.25, 0.3) is 0 Å². The van der Waals surface area contributed by atoms with Crippen LogP contribution >= 0.6 is 0 Å². The molecule has 168 valence electrons. The van der Waals surface area contributed by atoms with E-state index >= 15 is 0 Å². The number of hydrogen-bond donors (Lipinski definition) is 0. The fourth-order valence-corrected chi connectivity index (χ4v) is 7.24. The van der Waals surface area contributed by atoms with Crippen LogP contribution in [0.25, 0.3) is 0 Å². The van der Waals surface area contributed by atoms with E-state index in [4.69, 9.17) is 0 Å². The Hall–Kier alpha value is -0.850. The molecular weight excluding hydrogens is 367 g/mol. The summed E-state index contributed by atoms with van der Waals surface area (Å²) in [6, 6.07) is 6.16. The Morgan fingerprint density at radius 3 is 2.17 bits per heavy atom. The predicted molar refractivity (Wildman–Crippen MR) is 126 cm³/mol. The second kappa shape index (κ2) is 10.6. The highest BCUT2D eigenvalue weighted by molar-refractivity contribution is 5.27. The summed E-state index contributed by atoms with van der Waals surface area (Å²) in [7, 11) is 0. The molecule has 0 nitrogen and oxygen atoms in total. The van der Waals surface area contributed by atoms with Crippen molar-refractivity contribution in [2.24, 2.45) is 29.6 Å².